The number of carbonyl (C=O) groups excluding carboxylic acids is 2. The standard InChI is InChI=1S/C28H36ClN3O2S/c1-2-3-5-14-26-32(28(34)23-12-8-9-13-24(23)29)25(20-35-26)27(33)30-22-15-17-31(18-16-22)19-21-10-6-4-7-11-21/h4,6-13,22,25-26H,2-3,5,14-20H2,1H3,(H,30,33). The van der Waals surface area contributed by atoms with Crippen molar-refractivity contribution in [2.45, 2.75) is 69.5 Å². The largest absolute Gasteiger partial charge is 0.351 e. The molecule has 0 radical (unpaired) electrons. The van der Waals surface area contributed by atoms with Crippen LogP contribution in [0, 0.1) is 0 Å². The first-order chi connectivity index (χ1) is 17.1. The fourth-order valence-corrected chi connectivity index (χ4v) is 6.65. The molecule has 2 aromatic rings. The number of hydrogen-bond acceptors (Lipinski definition) is 4. The lowest BCUT2D eigenvalue weighted by Gasteiger charge is -2.34. The van der Waals surface area contributed by atoms with E-state index in [2.05, 4.69) is 41.4 Å². The Morgan fingerprint density at radius 3 is 2.46 bits per heavy atom. The molecule has 2 unspecified atom stereocenters. The Balaban J connectivity index is 1.38. The molecule has 5 nitrogen and oxygen atoms in total. The Kier molecular flexibility index (Phi) is 9.52. The molecule has 1 N–H and O–H groups in total. The number of benzene rings is 2. The van der Waals surface area contributed by atoms with Crippen LogP contribution in [0.15, 0.2) is 54.6 Å². The number of amides is 2. The summed E-state index contributed by atoms with van der Waals surface area (Å²) in [6.07, 6.45) is 6.06. The number of hydrogen-bond donors (Lipinski definition) is 1. The first kappa shape index (κ1) is 26.1. The molecule has 7 heteroatoms. The van der Waals surface area contributed by atoms with Crippen molar-refractivity contribution in [2.75, 3.05) is 18.8 Å². The number of unbranched alkanes of at least 4 members (excludes halogenated alkanes) is 2. The van der Waals surface area contributed by atoms with Crippen LogP contribution in [-0.4, -0.2) is 57.9 Å². The van der Waals surface area contributed by atoms with Gasteiger partial charge in [0.2, 0.25) is 5.91 Å². The lowest BCUT2D eigenvalue weighted by molar-refractivity contribution is -0.125. The van der Waals surface area contributed by atoms with E-state index < -0.39 is 6.04 Å². The molecule has 2 fully saturated rings. The van der Waals surface area contributed by atoms with Crippen molar-refractivity contribution in [3.8, 4) is 0 Å². The monoisotopic (exact) mass is 513 g/mol. The van der Waals surface area contributed by atoms with Crippen molar-refractivity contribution in [1.29, 1.82) is 0 Å². The minimum absolute atomic E-state index is 0.00814. The minimum atomic E-state index is -0.460. The molecule has 2 aliphatic heterocycles. The molecule has 0 aromatic heterocycles. The molecular formula is C28H36ClN3O2S. The lowest BCUT2D eigenvalue weighted by atomic mass is 10.0. The van der Waals surface area contributed by atoms with Gasteiger partial charge in [-0.15, -0.1) is 11.8 Å². The number of carbonyl (C=O) groups is 2. The van der Waals surface area contributed by atoms with Crippen LogP contribution in [0.1, 0.15) is 61.4 Å². The molecular weight excluding hydrogens is 478 g/mol. The lowest BCUT2D eigenvalue weighted by Crippen LogP contribution is -2.53. The molecule has 0 aliphatic carbocycles. The van der Waals surface area contributed by atoms with Crippen LogP contribution in [0.5, 0.6) is 0 Å². The number of piperidine rings is 1. The van der Waals surface area contributed by atoms with Crippen LogP contribution < -0.4 is 5.32 Å². The zero-order chi connectivity index (χ0) is 24.6. The third-order valence-corrected chi connectivity index (χ3v) is 8.66. The molecule has 2 atom stereocenters. The molecule has 2 aliphatic rings. The Bertz CT molecular complexity index is 981. The predicted octanol–water partition coefficient (Wildman–Crippen LogP) is 5.58. The van der Waals surface area contributed by atoms with Gasteiger partial charge in [0.15, 0.2) is 0 Å². The number of rotatable bonds is 9. The molecule has 2 saturated heterocycles. The van der Waals surface area contributed by atoms with E-state index in [1.54, 1.807) is 28.8 Å². The Morgan fingerprint density at radius 2 is 1.74 bits per heavy atom. The molecule has 2 heterocycles. The van der Waals surface area contributed by atoms with Crippen LogP contribution in [-0.2, 0) is 11.3 Å². The zero-order valence-corrected chi connectivity index (χ0v) is 22.1. The van der Waals surface area contributed by atoms with Gasteiger partial charge in [0.1, 0.15) is 6.04 Å². The number of nitrogens with zero attached hydrogens (tertiary/aromatic N) is 2. The highest BCUT2D eigenvalue weighted by atomic mass is 35.5. The van der Waals surface area contributed by atoms with E-state index in [1.165, 1.54) is 5.56 Å². The van der Waals surface area contributed by atoms with Gasteiger partial charge in [0, 0.05) is 31.4 Å². The quantitative estimate of drug-likeness (QED) is 0.444. The topological polar surface area (TPSA) is 52.7 Å². The van der Waals surface area contributed by atoms with Crippen LogP contribution in [0.4, 0.5) is 0 Å². The van der Waals surface area contributed by atoms with Crippen LogP contribution >= 0.6 is 23.4 Å². The first-order valence-corrected chi connectivity index (χ1v) is 14.2. The maximum Gasteiger partial charge on any atom is 0.256 e. The van der Waals surface area contributed by atoms with Gasteiger partial charge in [0.25, 0.3) is 5.91 Å². The van der Waals surface area contributed by atoms with Crippen molar-refractivity contribution in [1.82, 2.24) is 15.1 Å². The van der Waals surface area contributed by atoms with E-state index in [9.17, 15) is 9.59 Å². The molecule has 2 aromatic carbocycles. The fraction of sp³-hybridized carbons (Fsp3) is 0.500. The van der Waals surface area contributed by atoms with E-state index >= 15 is 0 Å². The van der Waals surface area contributed by atoms with E-state index in [1.807, 2.05) is 18.2 Å². The molecule has 0 saturated carbocycles. The maximum atomic E-state index is 13.6. The third-order valence-electron chi connectivity index (χ3n) is 6.97. The average molecular weight is 514 g/mol. The van der Waals surface area contributed by atoms with Gasteiger partial charge in [-0.25, -0.2) is 0 Å². The first-order valence-electron chi connectivity index (χ1n) is 12.8. The maximum absolute atomic E-state index is 13.6. The highest BCUT2D eigenvalue weighted by molar-refractivity contribution is 8.00. The fourth-order valence-electron chi connectivity index (χ4n) is 4.98. The molecule has 0 spiro atoms. The number of halogens is 1. The van der Waals surface area contributed by atoms with Crippen molar-refractivity contribution >= 4 is 35.2 Å². The van der Waals surface area contributed by atoms with Crippen LogP contribution in [0.25, 0.3) is 0 Å². The summed E-state index contributed by atoms with van der Waals surface area (Å²) in [6, 6.07) is 17.4. The zero-order valence-electron chi connectivity index (χ0n) is 20.5. The summed E-state index contributed by atoms with van der Waals surface area (Å²) in [4.78, 5) is 31.3. The molecule has 188 valence electrons. The SMILES string of the molecule is CCCCCC1SCC(C(=O)NC2CCN(Cc3ccccc3)CC2)N1C(=O)c1ccccc1Cl. The molecule has 4 rings (SSSR count). The highest BCUT2D eigenvalue weighted by Crippen LogP contribution is 2.35. The van der Waals surface area contributed by atoms with Crippen LogP contribution in [0.3, 0.4) is 0 Å². The summed E-state index contributed by atoms with van der Waals surface area (Å²) in [5.41, 5.74) is 1.80. The second kappa shape index (κ2) is 12.8. The van der Waals surface area contributed by atoms with Crippen molar-refractivity contribution in [3.63, 3.8) is 0 Å². The molecule has 0 bridgehead atoms. The number of likely N-dealkylation sites (tertiary alicyclic amines) is 1. The van der Waals surface area contributed by atoms with Crippen molar-refractivity contribution < 1.29 is 9.59 Å². The van der Waals surface area contributed by atoms with Crippen molar-refractivity contribution in [3.05, 3.63) is 70.7 Å². The number of nitrogens with one attached hydrogen (secondary N) is 1. The smallest absolute Gasteiger partial charge is 0.256 e. The summed E-state index contributed by atoms with van der Waals surface area (Å²) in [5.74, 6) is 0.461. The number of thioether (sulfide) groups is 1. The van der Waals surface area contributed by atoms with Gasteiger partial charge in [-0.2, -0.15) is 0 Å². The third kappa shape index (κ3) is 6.81. The van der Waals surface area contributed by atoms with Gasteiger partial charge in [-0.05, 0) is 37.0 Å². The summed E-state index contributed by atoms with van der Waals surface area (Å²) in [7, 11) is 0. The normalized spacial score (nSPS) is 21.3. The van der Waals surface area contributed by atoms with Gasteiger partial charge in [0.05, 0.1) is 16.0 Å². The summed E-state index contributed by atoms with van der Waals surface area (Å²) in [6.45, 7) is 5.04. The summed E-state index contributed by atoms with van der Waals surface area (Å²) >= 11 is 8.09. The predicted molar refractivity (Wildman–Crippen MR) is 145 cm³/mol. The Labute approximate surface area is 218 Å². The van der Waals surface area contributed by atoms with Gasteiger partial charge < -0.3 is 10.2 Å². The van der Waals surface area contributed by atoms with Gasteiger partial charge in [-0.1, -0.05) is 80.3 Å². The van der Waals surface area contributed by atoms with E-state index in [0.717, 1.165) is 58.2 Å². The van der Waals surface area contributed by atoms with E-state index in [4.69, 9.17) is 11.6 Å². The summed E-state index contributed by atoms with van der Waals surface area (Å²) in [5, 5.41) is 3.72. The minimum Gasteiger partial charge on any atom is -0.351 e. The van der Waals surface area contributed by atoms with Crippen LogP contribution in [0.2, 0.25) is 5.02 Å². The Hall–Kier alpha value is -2.02. The Morgan fingerprint density at radius 1 is 1.03 bits per heavy atom. The van der Waals surface area contributed by atoms with Crippen molar-refractivity contribution in [2.24, 2.45) is 0 Å². The highest BCUT2D eigenvalue weighted by Gasteiger charge is 2.42. The molecule has 35 heavy (non-hydrogen) atoms. The second-order valence-corrected chi connectivity index (χ2v) is 11.2. The molecule has 2 amide bonds. The van der Waals surface area contributed by atoms with E-state index in [-0.39, 0.29) is 23.2 Å². The van der Waals surface area contributed by atoms with E-state index in [0.29, 0.717) is 16.3 Å². The summed E-state index contributed by atoms with van der Waals surface area (Å²) < 4.78 is 0. The average Bonchev–Trinajstić information content (AvgIpc) is 3.30. The van der Waals surface area contributed by atoms with Gasteiger partial charge >= 0.3 is 0 Å². The second-order valence-electron chi connectivity index (χ2n) is 9.54. The van der Waals surface area contributed by atoms with Gasteiger partial charge in [-0.3, -0.25) is 14.5 Å².